The SMILES string of the molecule is C[C@H](Nc1nccc(N2C(=O)OCC2[C@@H](C)O)n1)c1nc(-c2cccc(OC(F)(F)F)c2)no1. The van der Waals surface area contributed by atoms with Gasteiger partial charge in [-0.3, -0.25) is 4.90 Å². The van der Waals surface area contributed by atoms with E-state index in [4.69, 9.17) is 9.26 Å². The molecule has 4 rings (SSSR count). The van der Waals surface area contributed by atoms with Gasteiger partial charge in [0.1, 0.15) is 30.3 Å². The Labute approximate surface area is 190 Å². The summed E-state index contributed by atoms with van der Waals surface area (Å²) in [4.78, 5) is 25.9. The third kappa shape index (κ3) is 5.17. The van der Waals surface area contributed by atoms with Gasteiger partial charge in [-0.05, 0) is 32.0 Å². The van der Waals surface area contributed by atoms with Crippen molar-refractivity contribution in [2.45, 2.75) is 38.4 Å². The second kappa shape index (κ2) is 9.13. The molecular weight excluding hydrogens is 461 g/mol. The van der Waals surface area contributed by atoms with Crippen LogP contribution in [0.2, 0.25) is 0 Å². The van der Waals surface area contributed by atoms with Gasteiger partial charge >= 0.3 is 12.5 Å². The molecule has 3 heterocycles. The fraction of sp³-hybridized carbons (Fsp3) is 0.350. The minimum Gasteiger partial charge on any atom is -0.447 e. The maximum atomic E-state index is 12.5. The van der Waals surface area contributed by atoms with Crippen LogP contribution in [0, 0.1) is 0 Å². The van der Waals surface area contributed by atoms with E-state index in [1.54, 1.807) is 13.8 Å². The van der Waals surface area contributed by atoms with Crippen LogP contribution in [0.25, 0.3) is 11.4 Å². The van der Waals surface area contributed by atoms with Crippen LogP contribution >= 0.6 is 0 Å². The van der Waals surface area contributed by atoms with E-state index in [-0.39, 0.29) is 35.7 Å². The highest BCUT2D eigenvalue weighted by Crippen LogP contribution is 2.28. The first-order valence-corrected chi connectivity index (χ1v) is 10.0. The normalized spacial score (nSPS) is 17.9. The molecule has 2 N–H and O–H groups in total. The lowest BCUT2D eigenvalue weighted by Crippen LogP contribution is -2.41. The molecule has 1 aromatic carbocycles. The zero-order valence-electron chi connectivity index (χ0n) is 17.9. The van der Waals surface area contributed by atoms with Crippen LogP contribution in [0.1, 0.15) is 25.8 Å². The second-order valence-electron chi connectivity index (χ2n) is 7.39. The van der Waals surface area contributed by atoms with Crippen LogP contribution in [0.5, 0.6) is 5.75 Å². The number of aromatic nitrogens is 4. The molecule has 1 aliphatic rings. The molecule has 0 radical (unpaired) electrons. The molecule has 1 amide bonds. The van der Waals surface area contributed by atoms with Gasteiger partial charge in [-0.25, -0.2) is 9.78 Å². The number of amides is 1. The Morgan fingerprint density at radius 3 is 2.79 bits per heavy atom. The van der Waals surface area contributed by atoms with Crippen LogP contribution in [0.3, 0.4) is 0 Å². The summed E-state index contributed by atoms with van der Waals surface area (Å²) in [5.41, 5.74) is 0.263. The van der Waals surface area contributed by atoms with Gasteiger partial charge in [0.05, 0.1) is 6.10 Å². The fourth-order valence-corrected chi connectivity index (χ4v) is 3.22. The Hall–Kier alpha value is -3.94. The average Bonchev–Trinajstić information content (AvgIpc) is 3.40. The van der Waals surface area contributed by atoms with Crippen molar-refractivity contribution >= 4 is 17.9 Å². The van der Waals surface area contributed by atoms with E-state index in [0.29, 0.717) is 0 Å². The van der Waals surface area contributed by atoms with E-state index in [2.05, 4.69) is 30.2 Å². The molecule has 180 valence electrons. The molecule has 1 fully saturated rings. The van der Waals surface area contributed by atoms with E-state index in [9.17, 15) is 23.1 Å². The zero-order chi connectivity index (χ0) is 24.5. The van der Waals surface area contributed by atoms with E-state index < -0.39 is 36.4 Å². The lowest BCUT2D eigenvalue weighted by atomic mass is 10.2. The monoisotopic (exact) mass is 480 g/mol. The van der Waals surface area contributed by atoms with E-state index in [1.165, 1.54) is 29.3 Å². The number of alkyl halides is 3. The summed E-state index contributed by atoms with van der Waals surface area (Å²) >= 11 is 0. The Kier molecular flexibility index (Phi) is 6.24. The number of anilines is 2. The standard InChI is InChI=1S/C20H19F3N6O5/c1-10(17-27-16(28-34-17)12-4-3-5-13(8-12)33-20(21,22)23)25-18-24-7-6-15(26-18)29-14(11(2)30)9-32-19(29)31/h3-8,10-11,14,30H,9H2,1-2H3,(H,24,25,26)/t10-,11+,14?/m0/s1. The Morgan fingerprint density at radius 1 is 1.26 bits per heavy atom. The van der Waals surface area contributed by atoms with Gasteiger partial charge in [-0.2, -0.15) is 9.97 Å². The number of aliphatic hydroxyl groups is 1. The van der Waals surface area contributed by atoms with Gasteiger partial charge in [0, 0.05) is 11.8 Å². The molecule has 0 aliphatic carbocycles. The summed E-state index contributed by atoms with van der Waals surface area (Å²) in [6.45, 7) is 3.25. The quantitative estimate of drug-likeness (QED) is 0.518. The maximum absolute atomic E-state index is 12.5. The number of hydrogen-bond acceptors (Lipinski definition) is 10. The van der Waals surface area contributed by atoms with Gasteiger partial charge in [-0.1, -0.05) is 17.3 Å². The lowest BCUT2D eigenvalue weighted by molar-refractivity contribution is -0.274. The Balaban J connectivity index is 1.49. The molecule has 0 saturated carbocycles. The number of carbonyl (C=O) groups is 1. The van der Waals surface area contributed by atoms with Gasteiger partial charge in [0.2, 0.25) is 17.7 Å². The topological polar surface area (TPSA) is 136 Å². The molecule has 3 atom stereocenters. The van der Waals surface area contributed by atoms with Crippen molar-refractivity contribution in [2.75, 3.05) is 16.8 Å². The predicted molar refractivity (Wildman–Crippen MR) is 110 cm³/mol. The smallest absolute Gasteiger partial charge is 0.447 e. The minimum atomic E-state index is -4.82. The molecule has 3 aromatic rings. The zero-order valence-corrected chi connectivity index (χ0v) is 17.9. The first-order valence-electron chi connectivity index (χ1n) is 10.0. The van der Waals surface area contributed by atoms with Crippen LogP contribution in [-0.4, -0.2) is 56.4 Å². The summed E-state index contributed by atoms with van der Waals surface area (Å²) < 4.78 is 51.6. The van der Waals surface area contributed by atoms with Crippen molar-refractivity contribution in [1.82, 2.24) is 20.1 Å². The summed E-state index contributed by atoms with van der Waals surface area (Å²) in [7, 11) is 0. The van der Waals surface area contributed by atoms with Crippen molar-refractivity contribution in [3.63, 3.8) is 0 Å². The summed E-state index contributed by atoms with van der Waals surface area (Å²) in [5.74, 6) is 0.128. The highest BCUT2D eigenvalue weighted by Gasteiger charge is 2.38. The molecule has 2 aromatic heterocycles. The first kappa shape index (κ1) is 23.2. The number of hydrogen-bond donors (Lipinski definition) is 2. The number of cyclic esters (lactones) is 1. The van der Waals surface area contributed by atoms with Gasteiger partial charge in [0.25, 0.3) is 0 Å². The van der Waals surface area contributed by atoms with Crippen molar-refractivity contribution < 1.29 is 37.1 Å². The molecular formula is C20H19F3N6O5. The van der Waals surface area contributed by atoms with Crippen molar-refractivity contribution in [2.24, 2.45) is 0 Å². The van der Waals surface area contributed by atoms with Crippen LogP contribution in [-0.2, 0) is 4.74 Å². The van der Waals surface area contributed by atoms with Crippen LogP contribution in [0.15, 0.2) is 41.1 Å². The number of benzene rings is 1. The highest BCUT2D eigenvalue weighted by molar-refractivity contribution is 5.89. The number of halogens is 3. The van der Waals surface area contributed by atoms with Crippen molar-refractivity contribution in [3.05, 3.63) is 42.4 Å². The second-order valence-corrected chi connectivity index (χ2v) is 7.39. The molecule has 34 heavy (non-hydrogen) atoms. The molecule has 0 bridgehead atoms. The number of nitrogens with one attached hydrogen (secondary N) is 1. The molecule has 0 spiro atoms. The maximum Gasteiger partial charge on any atom is 0.573 e. The van der Waals surface area contributed by atoms with E-state index in [0.717, 1.165) is 12.1 Å². The van der Waals surface area contributed by atoms with Gasteiger partial charge in [0.15, 0.2) is 0 Å². The Bertz CT molecular complexity index is 1170. The molecule has 14 heteroatoms. The first-order chi connectivity index (χ1) is 16.1. The van der Waals surface area contributed by atoms with Crippen LogP contribution < -0.4 is 15.0 Å². The summed E-state index contributed by atoms with van der Waals surface area (Å²) in [5, 5.41) is 16.7. The minimum absolute atomic E-state index is 0.0274. The van der Waals surface area contributed by atoms with Crippen molar-refractivity contribution in [3.8, 4) is 17.1 Å². The summed E-state index contributed by atoms with van der Waals surface area (Å²) in [6.07, 6.45) is -4.88. The van der Waals surface area contributed by atoms with Gasteiger partial charge in [-0.15, -0.1) is 13.2 Å². The highest BCUT2D eigenvalue weighted by atomic mass is 19.4. The Morgan fingerprint density at radius 2 is 2.06 bits per heavy atom. The number of rotatable bonds is 7. The number of ether oxygens (including phenoxy) is 2. The summed E-state index contributed by atoms with van der Waals surface area (Å²) in [6, 6.07) is 5.49. The fourth-order valence-electron chi connectivity index (χ4n) is 3.22. The van der Waals surface area contributed by atoms with E-state index in [1.807, 2.05) is 0 Å². The molecule has 1 saturated heterocycles. The van der Waals surface area contributed by atoms with Crippen LogP contribution in [0.4, 0.5) is 29.7 Å². The molecule has 11 nitrogen and oxygen atoms in total. The number of nitrogens with zero attached hydrogens (tertiary/aromatic N) is 5. The van der Waals surface area contributed by atoms with Crippen molar-refractivity contribution in [1.29, 1.82) is 0 Å². The number of aliphatic hydroxyl groups excluding tert-OH is 1. The molecule has 1 aliphatic heterocycles. The van der Waals surface area contributed by atoms with E-state index >= 15 is 0 Å². The third-order valence-corrected chi connectivity index (χ3v) is 4.83. The lowest BCUT2D eigenvalue weighted by Gasteiger charge is -2.22. The third-order valence-electron chi connectivity index (χ3n) is 4.83. The number of carbonyl (C=O) groups excluding carboxylic acids is 1. The average molecular weight is 480 g/mol. The predicted octanol–water partition coefficient (Wildman–Crippen LogP) is 3.30. The van der Waals surface area contributed by atoms with Gasteiger partial charge < -0.3 is 24.4 Å². The molecule has 1 unspecified atom stereocenters. The largest absolute Gasteiger partial charge is 0.573 e.